The van der Waals surface area contributed by atoms with Crippen LogP contribution in [0, 0.1) is 40.4 Å². The Morgan fingerprint density at radius 3 is 2.64 bits per heavy atom. The zero-order chi connectivity index (χ0) is 18.0. The maximum Gasteiger partial charge on any atom is 0.132 e. The van der Waals surface area contributed by atoms with Gasteiger partial charge < -0.3 is 5.11 Å². The molecule has 4 rings (SSSR count). The SMILES string of the molecule is CC(=O)[C@@H](C)[C@H]1CC[C@H]2[C@@H]3CC=C4C[C@@H](O)CC[C@]4(C)[C@H]3CC[C@]12C. The minimum atomic E-state index is -0.114. The van der Waals surface area contributed by atoms with Crippen molar-refractivity contribution in [1.82, 2.24) is 0 Å². The van der Waals surface area contributed by atoms with Crippen LogP contribution in [0.4, 0.5) is 0 Å². The van der Waals surface area contributed by atoms with Gasteiger partial charge in [0, 0.05) is 5.92 Å². The predicted molar refractivity (Wildman–Crippen MR) is 101 cm³/mol. The van der Waals surface area contributed by atoms with Crippen LogP contribution in [0.25, 0.3) is 0 Å². The van der Waals surface area contributed by atoms with Crippen molar-refractivity contribution >= 4 is 5.78 Å². The molecule has 3 saturated carbocycles. The lowest BCUT2D eigenvalue weighted by Crippen LogP contribution is -2.51. The predicted octanol–water partition coefficient (Wildman–Crippen LogP) is 5.15. The number of allylic oxidation sites excluding steroid dienone is 1. The number of ketones is 1. The van der Waals surface area contributed by atoms with Crippen molar-refractivity contribution in [3.8, 4) is 0 Å². The number of aliphatic hydroxyl groups is 1. The van der Waals surface area contributed by atoms with E-state index < -0.39 is 0 Å². The van der Waals surface area contributed by atoms with Gasteiger partial charge in [-0.25, -0.2) is 0 Å². The van der Waals surface area contributed by atoms with Crippen molar-refractivity contribution in [2.45, 2.75) is 85.2 Å². The first kappa shape index (κ1) is 17.8. The van der Waals surface area contributed by atoms with Gasteiger partial charge in [-0.1, -0.05) is 32.4 Å². The van der Waals surface area contributed by atoms with Crippen molar-refractivity contribution in [3.05, 3.63) is 11.6 Å². The molecular formula is C23H36O2. The average molecular weight is 345 g/mol. The number of carbonyl (C=O) groups excluding carboxylic acids is 1. The molecule has 8 atom stereocenters. The van der Waals surface area contributed by atoms with Gasteiger partial charge >= 0.3 is 0 Å². The fourth-order valence-corrected chi connectivity index (χ4v) is 7.79. The van der Waals surface area contributed by atoms with Gasteiger partial charge in [0.15, 0.2) is 0 Å². The van der Waals surface area contributed by atoms with E-state index in [9.17, 15) is 9.90 Å². The number of rotatable bonds is 2. The first-order chi connectivity index (χ1) is 11.8. The molecule has 25 heavy (non-hydrogen) atoms. The summed E-state index contributed by atoms with van der Waals surface area (Å²) in [6, 6.07) is 0. The number of hydrogen-bond acceptors (Lipinski definition) is 2. The number of aliphatic hydroxyl groups excluding tert-OH is 1. The highest BCUT2D eigenvalue weighted by molar-refractivity contribution is 5.78. The minimum Gasteiger partial charge on any atom is -0.393 e. The van der Waals surface area contributed by atoms with E-state index in [1.54, 1.807) is 12.5 Å². The Hall–Kier alpha value is -0.630. The molecule has 0 spiro atoms. The van der Waals surface area contributed by atoms with E-state index in [0.717, 1.165) is 37.0 Å². The molecule has 140 valence electrons. The highest BCUT2D eigenvalue weighted by atomic mass is 16.3. The summed E-state index contributed by atoms with van der Waals surface area (Å²) in [5, 5.41) is 10.1. The molecule has 0 radical (unpaired) electrons. The summed E-state index contributed by atoms with van der Waals surface area (Å²) in [6.07, 6.45) is 11.8. The van der Waals surface area contributed by atoms with Crippen LogP contribution in [0.2, 0.25) is 0 Å². The van der Waals surface area contributed by atoms with Crippen LogP contribution in [-0.4, -0.2) is 17.0 Å². The molecule has 0 bridgehead atoms. The molecule has 1 N–H and O–H groups in total. The molecule has 2 heteroatoms. The Kier molecular flexibility index (Phi) is 4.22. The van der Waals surface area contributed by atoms with Crippen LogP contribution in [-0.2, 0) is 4.79 Å². The maximum atomic E-state index is 12.1. The summed E-state index contributed by atoms with van der Waals surface area (Å²) in [7, 11) is 0. The lowest BCUT2D eigenvalue weighted by molar-refractivity contribution is -0.125. The topological polar surface area (TPSA) is 37.3 Å². The minimum absolute atomic E-state index is 0.114. The average Bonchev–Trinajstić information content (AvgIpc) is 2.92. The van der Waals surface area contributed by atoms with Crippen molar-refractivity contribution in [2.24, 2.45) is 40.4 Å². The zero-order valence-electron chi connectivity index (χ0n) is 16.6. The third kappa shape index (κ3) is 2.50. The van der Waals surface area contributed by atoms with Crippen LogP contribution in [0.15, 0.2) is 11.6 Å². The number of fused-ring (bicyclic) bond motifs is 5. The van der Waals surface area contributed by atoms with Crippen LogP contribution < -0.4 is 0 Å². The lowest BCUT2D eigenvalue weighted by atomic mass is 9.47. The van der Waals surface area contributed by atoms with E-state index in [1.807, 2.05) is 0 Å². The zero-order valence-corrected chi connectivity index (χ0v) is 16.6. The second kappa shape index (κ2) is 5.94. The molecule has 0 aromatic rings. The smallest absolute Gasteiger partial charge is 0.132 e. The summed E-state index contributed by atoms with van der Waals surface area (Å²) in [5.41, 5.74) is 2.25. The van der Waals surface area contributed by atoms with Gasteiger partial charge in [0.2, 0.25) is 0 Å². The van der Waals surface area contributed by atoms with E-state index in [0.29, 0.717) is 22.5 Å². The van der Waals surface area contributed by atoms with Crippen molar-refractivity contribution < 1.29 is 9.90 Å². The Labute approximate surface area is 153 Å². The van der Waals surface area contributed by atoms with E-state index in [4.69, 9.17) is 0 Å². The second-order valence-electron chi connectivity index (χ2n) is 10.3. The normalized spacial score (nSPS) is 50.3. The third-order valence-corrected chi connectivity index (χ3v) is 9.40. The maximum absolute atomic E-state index is 12.1. The molecule has 0 aromatic carbocycles. The quantitative estimate of drug-likeness (QED) is 0.703. The first-order valence-electron chi connectivity index (χ1n) is 10.7. The molecule has 4 aliphatic carbocycles. The fourth-order valence-electron chi connectivity index (χ4n) is 7.79. The van der Waals surface area contributed by atoms with Crippen molar-refractivity contribution in [3.63, 3.8) is 0 Å². The molecule has 0 heterocycles. The molecule has 0 aromatic heterocycles. The third-order valence-electron chi connectivity index (χ3n) is 9.40. The second-order valence-corrected chi connectivity index (χ2v) is 10.3. The summed E-state index contributed by atoms with van der Waals surface area (Å²) in [5.74, 6) is 3.58. The van der Waals surface area contributed by atoms with E-state index >= 15 is 0 Å². The standard InChI is InChI=1S/C23H36O2/c1-14(15(2)24)19-7-8-20-18-6-5-16-13-17(25)9-11-22(16,3)21(18)10-12-23(19,20)4/h5,14,17-21,25H,6-13H2,1-4H3/t14-,17+,18+,19-,20+,21+,22+,23-/m1/s1. The Morgan fingerprint density at radius 1 is 1.16 bits per heavy atom. The summed E-state index contributed by atoms with van der Waals surface area (Å²) in [6.45, 7) is 8.97. The molecule has 0 unspecified atom stereocenters. The molecule has 3 fully saturated rings. The molecule has 2 nitrogen and oxygen atoms in total. The monoisotopic (exact) mass is 344 g/mol. The Balaban J connectivity index is 1.63. The van der Waals surface area contributed by atoms with E-state index in [-0.39, 0.29) is 12.0 Å². The Morgan fingerprint density at radius 2 is 1.92 bits per heavy atom. The van der Waals surface area contributed by atoms with Gasteiger partial charge in [-0.2, -0.15) is 0 Å². The van der Waals surface area contributed by atoms with E-state index in [2.05, 4.69) is 26.8 Å². The molecule has 0 amide bonds. The van der Waals surface area contributed by atoms with Crippen LogP contribution >= 0.6 is 0 Å². The number of hydrogen-bond donors (Lipinski definition) is 1. The molecule has 4 aliphatic rings. The number of carbonyl (C=O) groups is 1. The fraction of sp³-hybridized carbons (Fsp3) is 0.870. The van der Waals surface area contributed by atoms with Gasteiger partial charge in [-0.15, -0.1) is 0 Å². The highest BCUT2D eigenvalue weighted by Crippen LogP contribution is 2.67. The molecular weight excluding hydrogens is 308 g/mol. The lowest BCUT2D eigenvalue weighted by Gasteiger charge is -2.58. The van der Waals surface area contributed by atoms with Crippen molar-refractivity contribution in [2.75, 3.05) is 0 Å². The van der Waals surface area contributed by atoms with Crippen LogP contribution in [0.1, 0.15) is 79.1 Å². The molecule has 0 aliphatic heterocycles. The summed E-state index contributed by atoms with van der Waals surface area (Å²) >= 11 is 0. The van der Waals surface area contributed by atoms with Crippen molar-refractivity contribution in [1.29, 1.82) is 0 Å². The van der Waals surface area contributed by atoms with Gasteiger partial charge in [0.1, 0.15) is 5.78 Å². The summed E-state index contributed by atoms with van der Waals surface area (Å²) < 4.78 is 0. The number of Topliss-reactive ketones (excluding diaryl/α,β-unsaturated/α-hetero) is 1. The highest BCUT2D eigenvalue weighted by Gasteiger charge is 2.59. The Bertz CT molecular complexity index is 593. The molecule has 0 saturated heterocycles. The summed E-state index contributed by atoms with van der Waals surface area (Å²) in [4.78, 5) is 12.1. The van der Waals surface area contributed by atoms with Gasteiger partial charge in [-0.3, -0.25) is 4.79 Å². The first-order valence-corrected chi connectivity index (χ1v) is 10.7. The van der Waals surface area contributed by atoms with Crippen LogP contribution in [0.3, 0.4) is 0 Å². The van der Waals surface area contributed by atoms with E-state index in [1.165, 1.54) is 32.1 Å². The van der Waals surface area contributed by atoms with Gasteiger partial charge in [-0.05, 0) is 92.8 Å². The van der Waals surface area contributed by atoms with Gasteiger partial charge in [0.25, 0.3) is 0 Å². The van der Waals surface area contributed by atoms with Crippen LogP contribution in [0.5, 0.6) is 0 Å². The van der Waals surface area contributed by atoms with Gasteiger partial charge in [0.05, 0.1) is 6.10 Å². The largest absolute Gasteiger partial charge is 0.393 e.